The van der Waals surface area contributed by atoms with Gasteiger partial charge in [0.05, 0.1) is 66.0 Å². The van der Waals surface area contributed by atoms with Gasteiger partial charge in [-0.1, -0.05) is 26.8 Å². The molecule has 1 aromatic heterocycles. The topological polar surface area (TPSA) is 239 Å². The number of pyridine rings is 1. The van der Waals surface area contributed by atoms with Gasteiger partial charge in [-0.15, -0.1) is 0 Å². The van der Waals surface area contributed by atoms with Crippen LogP contribution in [0, 0.1) is 17.8 Å². The number of likely N-dealkylation sites (N-methyl/N-ethyl adjacent to an activating group) is 2. The molecule has 4 fully saturated rings. The molecule has 4 aliphatic rings. The summed E-state index contributed by atoms with van der Waals surface area (Å²) in [5, 5.41) is 23.0. The first-order chi connectivity index (χ1) is 37.1. The van der Waals surface area contributed by atoms with E-state index in [9.17, 15) is 34.2 Å². The number of hydrogen-bond acceptors (Lipinski definition) is 19. The highest BCUT2D eigenvalue weighted by molar-refractivity contribution is 5.92. The maximum Gasteiger partial charge on any atom is 0.509 e. The van der Waals surface area contributed by atoms with Gasteiger partial charge >= 0.3 is 24.1 Å². The van der Waals surface area contributed by atoms with Crippen molar-refractivity contribution in [3.8, 4) is 0 Å². The van der Waals surface area contributed by atoms with E-state index in [0.717, 1.165) is 5.56 Å². The van der Waals surface area contributed by atoms with Crippen LogP contribution in [-0.2, 0) is 74.7 Å². The number of carbonyl (C=O) groups is 4. The minimum absolute atomic E-state index is 0.142. The van der Waals surface area contributed by atoms with Gasteiger partial charge < -0.3 is 71.8 Å². The minimum Gasteiger partial charge on any atom is -0.499 e. The van der Waals surface area contributed by atoms with Gasteiger partial charge in [0.25, 0.3) is 0 Å². The molecule has 1 aromatic carbocycles. The Bertz CT molecular complexity index is 2520. The fourth-order valence-electron chi connectivity index (χ4n) is 12.5. The van der Waals surface area contributed by atoms with E-state index in [-0.39, 0.29) is 56.1 Å². The van der Waals surface area contributed by atoms with Crippen molar-refractivity contribution in [1.29, 1.82) is 0 Å². The molecule has 0 saturated carbocycles. The van der Waals surface area contributed by atoms with E-state index in [1.54, 1.807) is 50.9 Å². The summed E-state index contributed by atoms with van der Waals surface area (Å²) in [7, 11) is 7.27. The number of benzene rings is 1. The molecule has 6 rings (SSSR count). The minimum atomic E-state index is -1.64. The second-order valence-electron chi connectivity index (χ2n) is 23.3. The number of ether oxygens (including phenoxy) is 11. The lowest BCUT2D eigenvalue weighted by molar-refractivity contribution is -0.321. The van der Waals surface area contributed by atoms with E-state index in [1.807, 2.05) is 98.5 Å². The van der Waals surface area contributed by atoms with Gasteiger partial charge in [-0.3, -0.25) is 19.3 Å². The molecule has 4 aliphatic heterocycles. The fourth-order valence-corrected chi connectivity index (χ4v) is 12.5. The number of nitrogens with zero attached hydrogens (tertiary/aromatic N) is 3. The smallest absolute Gasteiger partial charge is 0.499 e. The number of cyclic esters (lactones) is 1. The monoisotopic (exact) mass is 1120 g/mol. The van der Waals surface area contributed by atoms with Crippen molar-refractivity contribution in [2.45, 2.75) is 212 Å². The predicted molar refractivity (Wildman–Crippen MR) is 290 cm³/mol. The van der Waals surface area contributed by atoms with Gasteiger partial charge in [0.2, 0.25) is 5.43 Å². The summed E-state index contributed by atoms with van der Waals surface area (Å²) in [5.41, 5.74) is -3.35. The second kappa shape index (κ2) is 26.5. The summed E-state index contributed by atoms with van der Waals surface area (Å²) >= 11 is 0. The molecule has 4 saturated heterocycles. The maximum atomic E-state index is 14.9. The number of fused-ring (bicyclic) bond motifs is 2. The third-order valence-electron chi connectivity index (χ3n) is 16.7. The molecule has 0 unspecified atom stereocenters. The van der Waals surface area contributed by atoms with Crippen LogP contribution in [0.1, 0.15) is 125 Å². The van der Waals surface area contributed by atoms with Crippen LogP contribution in [0.15, 0.2) is 41.5 Å². The van der Waals surface area contributed by atoms with E-state index < -0.39 is 119 Å². The Kier molecular flexibility index (Phi) is 21.3. The molecule has 18 atom stereocenters. The molecule has 79 heavy (non-hydrogen) atoms. The van der Waals surface area contributed by atoms with Crippen LogP contribution in [0.25, 0.3) is 10.9 Å². The van der Waals surface area contributed by atoms with E-state index >= 15 is 0 Å². The van der Waals surface area contributed by atoms with Gasteiger partial charge in [-0.05, 0) is 132 Å². The van der Waals surface area contributed by atoms with Gasteiger partial charge in [-0.25, -0.2) is 9.59 Å². The third kappa shape index (κ3) is 14.5. The molecule has 2 N–H and O–H groups in total. The number of aryl methyl sites for hydroxylation is 1. The van der Waals surface area contributed by atoms with Crippen LogP contribution in [0.3, 0.4) is 0 Å². The lowest BCUT2D eigenvalue weighted by Crippen LogP contribution is -2.61. The fraction of sp³-hybridized carbons (Fsp3) is 0.741. The number of methoxy groups -OCH3 is 1. The first-order valence-electron chi connectivity index (χ1n) is 27.9. The molecule has 0 radical (unpaired) electrons. The zero-order valence-corrected chi connectivity index (χ0v) is 49.3. The summed E-state index contributed by atoms with van der Waals surface area (Å²) in [6, 6.07) is 4.71. The molecular weight excluding hydrogens is 1030 g/mol. The number of allylic oxidation sites excluding steroid dienone is 1. The van der Waals surface area contributed by atoms with Gasteiger partial charge in [0.1, 0.15) is 24.4 Å². The average Bonchev–Trinajstić information content (AvgIpc) is 3.73. The van der Waals surface area contributed by atoms with Gasteiger partial charge in [-0.2, -0.15) is 0 Å². The number of hydrogen-bond donors (Lipinski definition) is 2. The number of carboxylic acids is 1. The largest absolute Gasteiger partial charge is 0.509 e. The SMILES string of the molecule is CC[C@H]1OC(=O)[C@H](C)[C@@H](O[C@H]2C[C@@](C)(OC)[C@@H](OCCOC=CCc3ccc4c(c3)c(=O)c(C(=O)O)cn4CC)[C@H](C)O2)[C@H](C)[C@@H](O[C@@H]2O[C@H](C)C[C@H](N(C)C)[C@H]2OC(C)=O)[C@](C)(O)C[C@@H](C)CN(C)[C@H](C)[C@@H]2OC(=O)O[C@]12C. The highest BCUT2D eigenvalue weighted by Crippen LogP contribution is 2.43. The molecule has 0 amide bonds. The summed E-state index contributed by atoms with van der Waals surface area (Å²) in [6.07, 6.45) is -3.11. The van der Waals surface area contributed by atoms with E-state index in [4.69, 9.17) is 52.1 Å². The lowest BCUT2D eigenvalue weighted by Gasteiger charge is -2.49. The Balaban J connectivity index is 1.25. The number of rotatable bonds is 17. The molecule has 5 heterocycles. The summed E-state index contributed by atoms with van der Waals surface area (Å²) in [6.45, 7) is 22.9. The predicted octanol–water partition coefficient (Wildman–Crippen LogP) is 6.48. The molecule has 0 bridgehead atoms. The molecule has 21 heteroatoms. The first kappa shape index (κ1) is 63.5. The standard InChI is InChI=1S/C58H89N3O18/c1-17-44-58(12)50(78-55(67)79-58)36(7)60(15)30-32(3)28-56(10,68)49(77-54-48(74-38(9)62)43(59(13)14)26-33(4)72-54)34(5)47(35(6)53(66)75-44)76-45-29-57(11,69-16)51(37(8)73-45)71-25-24-70-23-19-20-39-21-22-42-40(27-39)46(63)41(52(64)65)31-61(42)18-2/h19,21-23,27,31-37,43-45,47-51,54,68H,17-18,20,24-26,28-30H2,1-16H3,(H,64,65)/t32-,33-,34+,35-,36-,37+,43+,44-,45+,47+,48-,49-,50+,51+,54+,56-,57-,58-/m1/s1. The first-order valence-corrected chi connectivity index (χ1v) is 27.9. The summed E-state index contributed by atoms with van der Waals surface area (Å²) < 4.78 is 71.5. The van der Waals surface area contributed by atoms with E-state index in [2.05, 4.69) is 0 Å². The second-order valence-corrected chi connectivity index (χ2v) is 23.3. The number of aliphatic hydroxyl groups is 1. The highest BCUT2D eigenvalue weighted by atomic mass is 16.8. The van der Waals surface area contributed by atoms with Crippen LogP contribution >= 0.6 is 0 Å². The summed E-state index contributed by atoms with van der Waals surface area (Å²) in [5.74, 6) is -4.53. The Morgan fingerprint density at radius 2 is 1.65 bits per heavy atom. The van der Waals surface area contributed by atoms with Crippen LogP contribution < -0.4 is 5.43 Å². The number of carboxylic acid groups (broad SMARTS) is 1. The Labute approximate surface area is 465 Å². The van der Waals surface area contributed by atoms with Crippen molar-refractivity contribution in [3.63, 3.8) is 0 Å². The van der Waals surface area contributed by atoms with Crippen molar-refractivity contribution in [2.24, 2.45) is 17.8 Å². The third-order valence-corrected chi connectivity index (χ3v) is 16.7. The molecule has 444 valence electrons. The zero-order chi connectivity index (χ0) is 58.5. The molecule has 0 aliphatic carbocycles. The average molecular weight is 1120 g/mol. The maximum absolute atomic E-state index is 14.9. The quantitative estimate of drug-likeness (QED) is 0.0745. The normalized spacial score (nSPS) is 37.2. The zero-order valence-electron chi connectivity index (χ0n) is 49.3. The molecule has 21 nitrogen and oxygen atoms in total. The molecular formula is C58H89N3O18. The van der Waals surface area contributed by atoms with Crippen molar-refractivity contribution >= 4 is 35.0 Å². The van der Waals surface area contributed by atoms with Crippen LogP contribution in [-0.4, -0.2) is 187 Å². The number of aromatic carboxylic acids is 1. The number of esters is 2. The highest BCUT2D eigenvalue weighted by Gasteiger charge is 2.58. The van der Waals surface area contributed by atoms with Crippen molar-refractivity contribution in [1.82, 2.24) is 14.4 Å². The van der Waals surface area contributed by atoms with E-state index in [0.29, 0.717) is 36.8 Å². The van der Waals surface area contributed by atoms with Gasteiger partial charge in [0.15, 0.2) is 30.4 Å². The van der Waals surface area contributed by atoms with E-state index in [1.165, 1.54) is 13.1 Å². The Hall–Kier alpha value is -4.71. The molecule has 2 aromatic rings. The van der Waals surface area contributed by atoms with Crippen LogP contribution in [0.2, 0.25) is 0 Å². The lowest BCUT2D eigenvalue weighted by atomic mass is 9.77. The Morgan fingerprint density at radius 3 is 2.28 bits per heavy atom. The molecule has 0 spiro atoms. The van der Waals surface area contributed by atoms with Crippen LogP contribution in [0.4, 0.5) is 4.79 Å². The van der Waals surface area contributed by atoms with Gasteiger partial charge in [0, 0.05) is 57.1 Å². The van der Waals surface area contributed by atoms with Crippen LogP contribution in [0.5, 0.6) is 0 Å². The number of aromatic nitrogens is 1. The number of carbonyl (C=O) groups excluding carboxylic acids is 3. The van der Waals surface area contributed by atoms with Crippen molar-refractivity contribution in [2.75, 3.05) is 48.0 Å². The Morgan fingerprint density at radius 1 is 0.937 bits per heavy atom. The van der Waals surface area contributed by atoms with Crippen molar-refractivity contribution < 1.29 is 81.5 Å². The van der Waals surface area contributed by atoms with Crippen molar-refractivity contribution in [3.05, 3.63) is 58.1 Å². The summed E-state index contributed by atoms with van der Waals surface area (Å²) in [4.78, 5) is 69.4.